The summed E-state index contributed by atoms with van der Waals surface area (Å²) in [7, 11) is 0. The number of carbonyl (C=O) groups excluding carboxylic acids is 2. The first kappa shape index (κ1) is 19.1. The van der Waals surface area contributed by atoms with E-state index in [1.165, 1.54) is 12.1 Å². The minimum Gasteiger partial charge on any atom is -0.378 e. The molecule has 0 radical (unpaired) electrons. The highest BCUT2D eigenvalue weighted by molar-refractivity contribution is 6.34. The number of nitro benzene ring substituents is 1. The van der Waals surface area contributed by atoms with Gasteiger partial charge in [-0.1, -0.05) is 25.4 Å². The van der Waals surface area contributed by atoms with Crippen LogP contribution in [0.1, 0.15) is 24.2 Å². The number of nitrogens with zero attached hydrogens (tertiary/aromatic N) is 2. The molecule has 136 valence electrons. The van der Waals surface area contributed by atoms with Crippen LogP contribution in [0.4, 0.5) is 5.69 Å². The molecule has 25 heavy (non-hydrogen) atoms. The van der Waals surface area contributed by atoms with E-state index in [1.807, 2.05) is 13.8 Å². The lowest BCUT2D eigenvalue weighted by molar-refractivity contribution is -0.384. The first-order valence-corrected chi connectivity index (χ1v) is 8.30. The van der Waals surface area contributed by atoms with Crippen LogP contribution in [0.15, 0.2) is 18.2 Å². The van der Waals surface area contributed by atoms with E-state index in [-0.39, 0.29) is 28.1 Å². The van der Waals surface area contributed by atoms with Crippen molar-refractivity contribution < 1.29 is 19.2 Å². The molecule has 0 saturated carbocycles. The Labute approximate surface area is 150 Å². The smallest absolute Gasteiger partial charge is 0.270 e. The zero-order valence-electron chi connectivity index (χ0n) is 14.0. The Morgan fingerprint density at radius 1 is 1.32 bits per heavy atom. The van der Waals surface area contributed by atoms with E-state index in [1.54, 1.807) is 4.90 Å². The van der Waals surface area contributed by atoms with Gasteiger partial charge >= 0.3 is 0 Å². The van der Waals surface area contributed by atoms with Gasteiger partial charge in [-0.2, -0.15) is 0 Å². The number of hydrogen-bond donors (Lipinski definition) is 1. The summed E-state index contributed by atoms with van der Waals surface area (Å²) in [6.07, 6.45) is 0. The van der Waals surface area contributed by atoms with E-state index in [0.717, 1.165) is 6.07 Å². The highest BCUT2D eigenvalue weighted by Crippen LogP contribution is 2.23. The lowest BCUT2D eigenvalue weighted by Crippen LogP contribution is -2.53. The van der Waals surface area contributed by atoms with Crippen molar-refractivity contribution in [2.24, 2.45) is 5.92 Å². The van der Waals surface area contributed by atoms with Crippen molar-refractivity contribution in [2.75, 3.05) is 26.3 Å². The van der Waals surface area contributed by atoms with Crippen molar-refractivity contribution in [2.45, 2.75) is 19.9 Å². The zero-order chi connectivity index (χ0) is 18.6. The second-order valence-corrected chi connectivity index (χ2v) is 6.46. The van der Waals surface area contributed by atoms with Crippen LogP contribution in [0.5, 0.6) is 0 Å². The second-order valence-electron chi connectivity index (χ2n) is 6.05. The number of benzene rings is 1. The first-order valence-electron chi connectivity index (χ1n) is 7.92. The van der Waals surface area contributed by atoms with Gasteiger partial charge in [-0.05, 0) is 12.0 Å². The molecule has 2 rings (SSSR count). The molecular weight excluding hydrogens is 350 g/mol. The molecule has 0 aliphatic carbocycles. The van der Waals surface area contributed by atoms with E-state index in [0.29, 0.717) is 26.3 Å². The second kappa shape index (κ2) is 8.26. The van der Waals surface area contributed by atoms with Gasteiger partial charge in [0.2, 0.25) is 5.91 Å². The Kier molecular flexibility index (Phi) is 6.33. The lowest BCUT2D eigenvalue weighted by Gasteiger charge is -2.32. The Morgan fingerprint density at radius 3 is 2.48 bits per heavy atom. The number of rotatable bonds is 5. The normalized spacial score (nSPS) is 15.8. The SMILES string of the molecule is CC(C)C(NC(=O)c1ccc([N+](=O)[O-])cc1Cl)C(=O)N1CCOCC1. The molecule has 1 saturated heterocycles. The molecule has 8 nitrogen and oxygen atoms in total. The molecule has 1 unspecified atom stereocenters. The summed E-state index contributed by atoms with van der Waals surface area (Å²) in [5, 5.41) is 13.4. The fourth-order valence-corrected chi connectivity index (χ4v) is 2.78. The molecule has 1 atom stereocenters. The molecule has 1 aliphatic rings. The van der Waals surface area contributed by atoms with Gasteiger partial charge in [0.15, 0.2) is 0 Å². The van der Waals surface area contributed by atoms with Gasteiger partial charge in [0, 0.05) is 25.2 Å². The molecule has 0 spiro atoms. The molecular formula is C16H20ClN3O5. The number of non-ortho nitro benzene ring substituents is 1. The van der Waals surface area contributed by atoms with Gasteiger partial charge in [0.1, 0.15) is 6.04 Å². The van der Waals surface area contributed by atoms with E-state index in [4.69, 9.17) is 16.3 Å². The van der Waals surface area contributed by atoms with Crippen LogP contribution < -0.4 is 5.32 Å². The molecule has 1 fully saturated rings. The third-order valence-corrected chi connectivity index (χ3v) is 4.26. The van der Waals surface area contributed by atoms with Gasteiger partial charge in [-0.15, -0.1) is 0 Å². The number of nitro groups is 1. The van der Waals surface area contributed by atoms with Crippen LogP contribution in [-0.4, -0.2) is 54.0 Å². The minimum absolute atomic E-state index is 0.0342. The van der Waals surface area contributed by atoms with Crippen LogP contribution in [0, 0.1) is 16.0 Å². The van der Waals surface area contributed by atoms with Crippen LogP contribution in [0.25, 0.3) is 0 Å². The average molecular weight is 370 g/mol. The topological polar surface area (TPSA) is 102 Å². The van der Waals surface area contributed by atoms with E-state index < -0.39 is 16.9 Å². The Bertz CT molecular complexity index is 674. The van der Waals surface area contributed by atoms with Crippen LogP contribution >= 0.6 is 11.6 Å². The number of hydrogen-bond acceptors (Lipinski definition) is 5. The van der Waals surface area contributed by atoms with Crippen molar-refractivity contribution in [3.05, 3.63) is 38.9 Å². The number of ether oxygens (including phenoxy) is 1. The molecule has 1 aliphatic heterocycles. The van der Waals surface area contributed by atoms with Crippen molar-refractivity contribution in [1.29, 1.82) is 0 Å². The third kappa shape index (κ3) is 4.67. The van der Waals surface area contributed by atoms with E-state index in [2.05, 4.69) is 5.32 Å². The number of nitrogens with one attached hydrogen (secondary N) is 1. The highest BCUT2D eigenvalue weighted by atomic mass is 35.5. The standard InChI is InChI=1S/C16H20ClN3O5/c1-10(2)14(16(22)19-5-7-25-8-6-19)18-15(21)12-4-3-11(20(23)24)9-13(12)17/h3-4,9-10,14H,5-8H2,1-2H3,(H,18,21). The molecule has 0 bridgehead atoms. The van der Waals surface area contributed by atoms with E-state index >= 15 is 0 Å². The molecule has 1 aromatic carbocycles. The summed E-state index contributed by atoms with van der Waals surface area (Å²) in [6, 6.07) is 2.89. The van der Waals surface area contributed by atoms with Crippen molar-refractivity contribution >= 4 is 29.1 Å². The summed E-state index contributed by atoms with van der Waals surface area (Å²) in [5.74, 6) is -0.846. The van der Waals surface area contributed by atoms with Gasteiger partial charge < -0.3 is 15.0 Å². The molecule has 2 amide bonds. The largest absolute Gasteiger partial charge is 0.378 e. The van der Waals surface area contributed by atoms with Crippen LogP contribution in [0.3, 0.4) is 0 Å². The third-order valence-electron chi connectivity index (χ3n) is 3.95. The van der Waals surface area contributed by atoms with Gasteiger partial charge in [0.05, 0.1) is 28.7 Å². The molecule has 9 heteroatoms. The quantitative estimate of drug-likeness (QED) is 0.630. The summed E-state index contributed by atoms with van der Waals surface area (Å²) in [6.45, 7) is 5.57. The number of amides is 2. The summed E-state index contributed by atoms with van der Waals surface area (Å²) >= 11 is 5.98. The maximum absolute atomic E-state index is 12.7. The van der Waals surface area contributed by atoms with Crippen molar-refractivity contribution in [3.63, 3.8) is 0 Å². The lowest BCUT2D eigenvalue weighted by atomic mass is 10.0. The van der Waals surface area contributed by atoms with Crippen LogP contribution in [0.2, 0.25) is 5.02 Å². The zero-order valence-corrected chi connectivity index (χ0v) is 14.8. The fourth-order valence-electron chi connectivity index (χ4n) is 2.51. The highest BCUT2D eigenvalue weighted by Gasteiger charge is 2.30. The maximum atomic E-state index is 12.7. The van der Waals surface area contributed by atoms with E-state index in [9.17, 15) is 19.7 Å². The fraction of sp³-hybridized carbons (Fsp3) is 0.500. The number of carbonyl (C=O) groups is 2. The monoisotopic (exact) mass is 369 g/mol. The molecule has 1 N–H and O–H groups in total. The summed E-state index contributed by atoms with van der Waals surface area (Å²) < 4.78 is 5.23. The van der Waals surface area contributed by atoms with Crippen LogP contribution in [-0.2, 0) is 9.53 Å². The van der Waals surface area contributed by atoms with Gasteiger partial charge in [-0.25, -0.2) is 0 Å². The summed E-state index contributed by atoms with van der Waals surface area (Å²) in [5.41, 5.74) is -0.112. The molecule has 0 aromatic heterocycles. The molecule has 1 aromatic rings. The Hall–Kier alpha value is -2.19. The first-order chi connectivity index (χ1) is 11.8. The average Bonchev–Trinajstić information content (AvgIpc) is 2.59. The predicted molar refractivity (Wildman–Crippen MR) is 91.6 cm³/mol. The Balaban J connectivity index is 2.14. The minimum atomic E-state index is -0.711. The number of halogens is 1. The van der Waals surface area contributed by atoms with Gasteiger partial charge in [-0.3, -0.25) is 19.7 Å². The predicted octanol–water partition coefficient (Wildman–Crippen LogP) is 1.86. The Morgan fingerprint density at radius 2 is 1.96 bits per heavy atom. The van der Waals surface area contributed by atoms with Gasteiger partial charge in [0.25, 0.3) is 11.6 Å². The van der Waals surface area contributed by atoms with Crippen molar-refractivity contribution in [3.8, 4) is 0 Å². The molecule has 1 heterocycles. The number of morpholine rings is 1. The summed E-state index contributed by atoms with van der Waals surface area (Å²) in [4.78, 5) is 37.0. The maximum Gasteiger partial charge on any atom is 0.270 e. The van der Waals surface area contributed by atoms with Crippen molar-refractivity contribution in [1.82, 2.24) is 10.2 Å².